The van der Waals surface area contributed by atoms with Crippen molar-refractivity contribution in [3.8, 4) is 22.5 Å². The fourth-order valence-corrected chi connectivity index (χ4v) is 3.69. The van der Waals surface area contributed by atoms with Gasteiger partial charge in [0.25, 0.3) is 0 Å². The second-order valence-electron chi connectivity index (χ2n) is 7.72. The number of benzene rings is 1. The Morgan fingerprint density at radius 3 is 1.56 bits per heavy atom. The van der Waals surface area contributed by atoms with Gasteiger partial charge in [-0.15, -0.1) is 0 Å². The lowest BCUT2D eigenvalue weighted by atomic mass is 10.1. The minimum atomic E-state index is 0. The molecule has 2 aromatic heterocycles. The molecular weight excluding hydrogens is 451 g/mol. The van der Waals surface area contributed by atoms with Crippen LogP contribution in [0.2, 0.25) is 0 Å². The topological polar surface area (TPSA) is 112 Å². The molecule has 0 aliphatic heterocycles. The summed E-state index contributed by atoms with van der Waals surface area (Å²) in [6, 6.07) is 8.03. The van der Waals surface area contributed by atoms with Gasteiger partial charge in [-0.1, -0.05) is 45.6 Å². The average Bonchev–Trinajstić information content (AvgIpc) is 3.31. The van der Waals surface area contributed by atoms with Crippen LogP contribution in [0.25, 0.3) is 22.5 Å². The van der Waals surface area contributed by atoms with Gasteiger partial charge in [0.15, 0.2) is 13.1 Å². The molecule has 3 aromatic rings. The van der Waals surface area contributed by atoms with Crippen molar-refractivity contribution < 1.29 is 43.2 Å². The van der Waals surface area contributed by atoms with Crippen LogP contribution in [0.3, 0.4) is 0 Å². The summed E-state index contributed by atoms with van der Waals surface area (Å²) in [5.41, 5.74) is 15.7. The molecule has 0 fully saturated rings. The summed E-state index contributed by atoms with van der Waals surface area (Å²) in [4.78, 5) is 0. The van der Waals surface area contributed by atoms with Crippen molar-refractivity contribution in [1.82, 2.24) is 10.5 Å². The fourth-order valence-electron chi connectivity index (χ4n) is 3.69. The molecule has 0 aliphatic carbocycles. The van der Waals surface area contributed by atoms with Crippen LogP contribution in [-0.2, 0) is 13.1 Å². The van der Waals surface area contributed by atoms with Gasteiger partial charge < -0.3 is 36.3 Å². The van der Waals surface area contributed by atoms with Gasteiger partial charge in [0.05, 0.1) is 11.1 Å². The highest BCUT2D eigenvalue weighted by atomic mass is 35.5. The van der Waals surface area contributed by atoms with Crippen molar-refractivity contribution in [2.75, 3.05) is 11.5 Å². The predicted octanol–water partition coefficient (Wildman–Crippen LogP) is -2.10. The second-order valence-corrected chi connectivity index (χ2v) is 7.72. The predicted molar refractivity (Wildman–Crippen MR) is 115 cm³/mol. The number of rotatable bonds is 12. The van der Waals surface area contributed by atoms with Crippen LogP contribution in [0.15, 0.2) is 33.3 Å². The Balaban J connectivity index is 0.00000256. The van der Waals surface area contributed by atoms with E-state index in [2.05, 4.69) is 24.4 Å². The van der Waals surface area contributed by atoms with Gasteiger partial charge in [-0.05, 0) is 40.4 Å². The SMILES string of the molecule is CCCCCC[n+]1noc(N)c1-c1cccc(-c2c(N)on[n+]2CCCCCC)c1.[Cl-].[Cl-]. The maximum atomic E-state index is 6.12. The van der Waals surface area contributed by atoms with Gasteiger partial charge in [-0.3, -0.25) is 9.05 Å². The van der Waals surface area contributed by atoms with E-state index >= 15 is 0 Å². The van der Waals surface area contributed by atoms with Crippen LogP contribution in [0.5, 0.6) is 0 Å². The Morgan fingerprint density at radius 1 is 0.719 bits per heavy atom. The number of nitrogens with two attached hydrogens (primary N) is 2. The number of unbranched alkanes of at least 4 members (excludes halogenated alkanes) is 6. The Hall–Kier alpha value is -2.32. The van der Waals surface area contributed by atoms with Gasteiger partial charge in [-0.25, -0.2) is 0 Å². The number of halogens is 2. The van der Waals surface area contributed by atoms with Crippen LogP contribution in [0.4, 0.5) is 11.8 Å². The van der Waals surface area contributed by atoms with E-state index in [0.717, 1.165) is 61.3 Å². The molecule has 1 aromatic carbocycles. The summed E-state index contributed by atoms with van der Waals surface area (Å²) in [6.45, 7) is 5.94. The Bertz CT molecular complexity index is 873. The van der Waals surface area contributed by atoms with Gasteiger partial charge >= 0.3 is 23.2 Å². The van der Waals surface area contributed by atoms with E-state index in [1.165, 1.54) is 25.7 Å². The monoisotopic (exact) mass is 484 g/mol. The molecule has 32 heavy (non-hydrogen) atoms. The molecule has 3 rings (SSSR count). The number of aryl methyl sites for hydroxylation is 2. The molecule has 2 heterocycles. The van der Waals surface area contributed by atoms with E-state index in [4.69, 9.17) is 20.5 Å². The first kappa shape index (κ1) is 27.7. The van der Waals surface area contributed by atoms with Crippen LogP contribution in [0, 0.1) is 0 Å². The van der Waals surface area contributed by atoms with Gasteiger partial charge in [0.2, 0.25) is 10.5 Å². The van der Waals surface area contributed by atoms with Crippen molar-refractivity contribution in [3.63, 3.8) is 0 Å². The van der Waals surface area contributed by atoms with E-state index in [1.807, 2.05) is 33.6 Å². The van der Waals surface area contributed by atoms with E-state index in [1.54, 1.807) is 0 Å². The lowest BCUT2D eigenvalue weighted by Crippen LogP contribution is -3.00. The highest BCUT2D eigenvalue weighted by Gasteiger charge is 2.28. The molecule has 0 radical (unpaired) electrons. The lowest BCUT2D eigenvalue weighted by molar-refractivity contribution is -0.753. The molecule has 178 valence electrons. The molecule has 0 spiro atoms. The van der Waals surface area contributed by atoms with Crippen LogP contribution >= 0.6 is 0 Å². The van der Waals surface area contributed by atoms with Crippen LogP contribution in [-0.4, -0.2) is 10.5 Å². The normalized spacial score (nSPS) is 10.6. The number of hydrogen-bond donors (Lipinski definition) is 2. The van der Waals surface area contributed by atoms with Crippen LogP contribution in [0.1, 0.15) is 65.2 Å². The minimum Gasteiger partial charge on any atom is -1.00 e. The first-order chi connectivity index (χ1) is 14.7. The molecule has 0 saturated heterocycles. The van der Waals surface area contributed by atoms with E-state index < -0.39 is 0 Å². The molecule has 10 heteroatoms. The standard InChI is InChI=1S/C22H34N6O2.2ClH/c1-3-5-7-9-14-27-19(21(23)29-25-27)17-12-11-13-18(16-17)20-22(24)30-26-28(20)15-10-8-6-4-2;;/h11-13,16H,3-10,14-15,23-24H2,1-2H3;2*1H/q+2;;/p-2. The van der Waals surface area contributed by atoms with Gasteiger partial charge in [0.1, 0.15) is 0 Å². The molecular formula is C22H34Cl2N6O2. The third kappa shape index (κ3) is 6.84. The van der Waals surface area contributed by atoms with Crippen LogP contribution < -0.4 is 45.6 Å². The lowest BCUT2D eigenvalue weighted by Gasteiger charge is -2.00. The highest BCUT2D eigenvalue weighted by Crippen LogP contribution is 2.28. The molecule has 8 nitrogen and oxygen atoms in total. The maximum absolute atomic E-state index is 6.12. The molecule has 0 unspecified atom stereocenters. The zero-order chi connectivity index (χ0) is 21.3. The van der Waals surface area contributed by atoms with E-state index in [9.17, 15) is 0 Å². The third-order valence-corrected chi connectivity index (χ3v) is 5.31. The largest absolute Gasteiger partial charge is 1.00 e. The van der Waals surface area contributed by atoms with Crippen molar-refractivity contribution in [2.45, 2.75) is 78.3 Å². The van der Waals surface area contributed by atoms with Crippen molar-refractivity contribution in [1.29, 1.82) is 0 Å². The van der Waals surface area contributed by atoms with E-state index in [0.29, 0.717) is 11.8 Å². The second kappa shape index (κ2) is 14.0. The molecule has 0 atom stereocenters. The fraction of sp³-hybridized carbons (Fsp3) is 0.545. The zero-order valence-corrected chi connectivity index (χ0v) is 20.4. The minimum absolute atomic E-state index is 0. The van der Waals surface area contributed by atoms with Crippen molar-refractivity contribution >= 4 is 11.8 Å². The quantitative estimate of drug-likeness (QED) is 0.225. The highest BCUT2D eigenvalue weighted by molar-refractivity contribution is 5.74. The number of aromatic nitrogens is 4. The first-order valence-electron chi connectivity index (χ1n) is 11.1. The zero-order valence-electron chi connectivity index (χ0n) is 18.9. The Labute approximate surface area is 202 Å². The van der Waals surface area contributed by atoms with Gasteiger partial charge in [0, 0.05) is 12.8 Å². The summed E-state index contributed by atoms with van der Waals surface area (Å²) in [6.07, 6.45) is 9.20. The van der Waals surface area contributed by atoms with Gasteiger partial charge in [-0.2, -0.15) is 0 Å². The average molecular weight is 485 g/mol. The molecule has 0 amide bonds. The Kier molecular flexibility index (Phi) is 12.1. The first-order valence-corrected chi connectivity index (χ1v) is 11.1. The van der Waals surface area contributed by atoms with Crippen molar-refractivity contribution in [2.24, 2.45) is 0 Å². The number of nitrogens with zero attached hydrogens (tertiary/aromatic N) is 4. The summed E-state index contributed by atoms with van der Waals surface area (Å²) in [5.74, 6) is 0.627. The summed E-state index contributed by atoms with van der Waals surface area (Å²) in [7, 11) is 0. The van der Waals surface area contributed by atoms with E-state index in [-0.39, 0.29) is 24.8 Å². The molecule has 0 saturated carbocycles. The number of hydrogen-bond acceptors (Lipinski definition) is 6. The smallest absolute Gasteiger partial charge is 0.304 e. The number of anilines is 2. The maximum Gasteiger partial charge on any atom is 0.304 e. The Morgan fingerprint density at radius 2 is 1.16 bits per heavy atom. The molecule has 4 N–H and O–H groups in total. The molecule has 0 bridgehead atoms. The van der Waals surface area contributed by atoms with Crippen molar-refractivity contribution in [3.05, 3.63) is 24.3 Å². The summed E-state index contributed by atoms with van der Waals surface area (Å²) >= 11 is 0. The number of nitrogen functional groups attached to an aromatic ring is 2. The summed E-state index contributed by atoms with van der Waals surface area (Å²) in [5, 5.41) is 8.26. The third-order valence-electron chi connectivity index (χ3n) is 5.31. The molecule has 0 aliphatic rings. The summed E-state index contributed by atoms with van der Waals surface area (Å²) < 4.78 is 14.3.